The zero-order valence-corrected chi connectivity index (χ0v) is 21.0. The molecule has 10 nitrogen and oxygen atoms in total. The van der Waals surface area contributed by atoms with Gasteiger partial charge in [-0.3, -0.25) is 9.69 Å². The van der Waals surface area contributed by atoms with Crippen LogP contribution in [0.3, 0.4) is 0 Å². The van der Waals surface area contributed by atoms with Crippen LogP contribution >= 0.6 is 0 Å². The molecular formula is C27H34N6O4. The number of imidazole rings is 1. The monoisotopic (exact) mass is 506 g/mol. The molecule has 0 saturated carbocycles. The number of aliphatic hydroxyl groups excluding tert-OH is 1. The summed E-state index contributed by atoms with van der Waals surface area (Å²) < 4.78 is 13.4. The number of carbonyl (C=O) groups is 1. The molecule has 3 aliphatic heterocycles. The van der Waals surface area contributed by atoms with E-state index in [-0.39, 0.29) is 18.4 Å². The molecule has 196 valence electrons. The van der Waals surface area contributed by atoms with Crippen LogP contribution in [0.2, 0.25) is 0 Å². The van der Waals surface area contributed by atoms with E-state index in [2.05, 4.69) is 44.4 Å². The van der Waals surface area contributed by atoms with Gasteiger partial charge < -0.3 is 29.4 Å². The lowest BCUT2D eigenvalue weighted by molar-refractivity contribution is -0.119. The molecule has 5 heterocycles. The van der Waals surface area contributed by atoms with Crippen LogP contribution in [-0.4, -0.2) is 95.6 Å². The molecule has 0 unspecified atom stereocenters. The van der Waals surface area contributed by atoms with Gasteiger partial charge in [-0.1, -0.05) is 12.1 Å². The number of hydrogen-bond donors (Lipinski definition) is 2. The Morgan fingerprint density at radius 3 is 2.62 bits per heavy atom. The van der Waals surface area contributed by atoms with Crippen molar-refractivity contribution in [2.45, 2.75) is 25.4 Å². The summed E-state index contributed by atoms with van der Waals surface area (Å²) in [6.45, 7) is 7.49. The minimum absolute atomic E-state index is 0.00661. The fraction of sp³-hybridized carbons (Fsp3) is 0.519. The van der Waals surface area contributed by atoms with Crippen LogP contribution in [0, 0.1) is 5.92 Å². The molecular weight excluding hydrogens is 472 g/mol. The maximum absolute atomic E-state index is 11.5. The second-order valence-corrected chi connectivity index (χ2v) is 10.1. The van der Waals surface area contributed by atoms with Crippen LogP contribution < -0.4 is 15.0 Å². The lowest BCUT2D eigenvalue weighted by Crippen LogP contribution is -2.56. The Hall–Kier alpha value is -3.21. The summed E-state index contributed by atoms with van der Waals surface area (Å²) in [6.07, 6.45) is 3.04. The highest BCUT2D eigenvalue weighted by atomic mass is 16.5. The first-order valence-electron chi connectivity index (χ1n) is 13.2. The van der Waals surface area contributed by atoms with Crippen LogP contribution in [-0.2, 0) is 16.1 Å². The largest absolute Gasteiger partial charge is 0.476 e. The molecule has 6 rings (SSSR count). The number of nitrogens with zero attached hydrogens (tertiary/aromatic N) is 5. The van der Waals surface area contributed by atoms with E-state index in [9.17, 15) is 9.90 Å². The van der Waals surface area contributed by atoms with E-state index in [0.29, 0.717) is 38.0 Å². The van der Waals surface area contributed by atoms with Crippen LogP contribution in [0.25, 0.3) is 22.3 Å². The number of fused-ring (bicyclic) bond motifs is 1. The molecule has 1 amide bonds. The molecule has 0 radical (unpaired) electrons. The van der Waals surface area contributed by atoms with Crippen LogP contribution in [0.1, 0.15) is 12.8 Å². The first-order chi connectivity index (χ1) is 18.2. The van der Waals surface area contributed by atoms with Crippen LogP contribution in [0.5, 0.6) is 5.88 Å². The lowest BCUT2D eigenvalue weighted by atomic mass is 10.1. The molecule has 37 heavy (non-hydrogen) atoms. The number of anilines is 1. The van der Waals surface area contributed by atoms with Crippen molar-refractivity contribution in [1.82, 2.24) is 24.8 Å². The number of piperazine rings is 1. The zero-order chi connectivity index (χ0) is 25.2. The van der Waals surface area contributed by atoms with E-state index in [0.717, 1.165) is 68.1 Å². The maximum Gasteiger partial charge on any atom is 0.240 e. The van der Waals surface area contributed by atoms with Gasteiger partial charge in [-0.15, -0.1) is 0 Å². The van der Waals surface area contributed by atoms with Gasteiger partial charge in [0.2, 0.25) is 11.8 Å². The van der Waals surface area contributed by atoms with Gasteiger partial charge in [0, 0.05) is 56.9 Å². The van der Waals surface area contributed by atoms with Gasteiger partial charge in [-0.25, -0.2) is 9.97 Å². The zero-order valence-electron chi connectivity index (χ0n) is 21.0. The Morgan fingerprint density at radius 1 is 1.14 bits per heavy atom. The molecule has 3 fully saturated rings. The van der Waals surface area contributed by atoms with E-state index < -0.39 is 0 Å². The molecule has 0 bridgehead atoms. The second-order valence-electron chi connectivity index (χ2n) is 10.1. The molecule has 2 aromatic heterocycles. The van der Waals surface area contributed by atoms with E-state index in [4.69, 9.17) is 14.5 Å². The molecule has 1 aromatic carbocycles. The summed E-state index contributed by atoms with van der Waals surface area (Å²) >= 11 is 0. The Balaban J connectivity index is 1.18. The first kappa shape index (κ1) is 24.1. The van der Waals surface area contributed by atoms with E-state index in [1.54, 1.807) is 6.33 Å². The summed E-state index contributed by atoms with van der Waals surface area (Å²) in [6, 6.07) is 11.1. The van der Waals surface area contributed by atoms with Crippen molar-refractivity contribution in [3.8, 4) is 17.1 Å². The number of pyridine rings is 1. The minimum Gasteiger partial charge on any atom is -0.476 e. The molecule has 2 N–H and O–H groups in total. The number of nitrogens with one attached hydrogen (secondary N) is 1. The summed E-state index contributed by atoms with van der Waals surface area (Å²) in [5.41, 5.74) is 4.59. The Bertz CT molecular complexity index is 1230. The third-order valence-corrected chi connectivity index (χ3v) is 7.71. The highest BCUT2D eigenvalue weighted by Gasteiger charge is 2.29. The lowest BCUT2D eigenvalue weighted by Gasteiger charge is -2.43. The van der Waals surface area contributed by atoms with Crippen molar-refractivity contribution in [1.29, 1.82) is 0 Å². The van der Waals surface area contributed by atoms with Crippen LogP contribution in [0.4, 0.5) is 5.69 Å². The standard InChI is InChI=1S/C27H34N6O4/c34-11-10-33-18-29-24-14-23(30-27(26(24)33)37-12-5-19-13-25(35)28-15-19)20-1-3-21(4-2-20)31-6-8-32(9-7-31)22-16-36-17-22/h1-4,14,18-19,22,34H,5-13,15-17H2,(H,28,35)/t19-/m1/s1. The van der Waals surface area contributed by atoms with Gasteiger partial charge in [0.15, 0.2) is 0 Å². The van der Waals surface area contributed by atoms with Crippen molar-refractivity contribution < 1.29 is 19.4 Å². The highest BCUT2D eigenvalue weighted by Crippen LogP contribution is 2.31. The average Bonchev–Trinajstić information content (AvgIpc) is 3.49. The van der Waals surface area contributed by atoms with Gasteiger partial charge in [0.05, 0.1) is 50.0 Å². The number of benzene rings is 1. The van der Waals surface area contributed by atoms with Crippen LogP contribution in [0.15, 0.2) is 36.7 Å². The molecule has 3 aromatic rings. The quantitative estimate of drug-likeness (QED) is 0.450. The fourth-order valence-corrected chi connectivity index (χ4v) is 5.40. The van der Waals surface area contributed by atoms with Gasteiger partial charge >= 0.3 is 0 Å². The van der Waals surface area contributed by atoms with Crippen molar-refractivity contribution in [2.75, 3.05) is 64.1 Å². The van der Waals surface area contributed by atoms with Crippen molar-refractivity contribution >= 4 is 22.6 Å². The number of aliphatic hydroxyl groups is 1. The van der Waals surface area contributed by atoms with E-state index in [1.165, 1.54) is 5.69 Å². The summed E-state index contributed by atoms with van der Waals surface area (Å²) in [5, 5.41) is 12.4. The second kappa shape index (κ2) is 10.6. The highest BCUT2D eigenvalue weighted by molar-refractivity contribution is 5.85. The third kappa shape index (κ3) is 5.14. The molecule has 3 saturated heterocycles. The maximum atomic E-state index is 11.5. The van der Waals surface area contributed by atoms with Crippen molar-refractivity contribution in [3.63, 3.8) is 0 Å². The SMILES string of the molecule is O=C1C[C@@H](CCOc2nc(-c3ccc(N4CCN(C5COC5)CC4)cc3)cc3ncn(CCO)c23)CN1. The predicted octanol–water partition coefficient (Wildman–Crippen LogP) is 1.52. The first-order valence-corrected chi connectivity index (χ1v) is 13.2. The van der Waals surface area contributed by atoms with E-state index >= 15 is 0 Å². The molecule has 0 spiro atoms. The number of amides is 1. The minimum atomic E-state index is 0.00661. The van der Waals surface area contributed by atoms with E-state index in [1.807, 2.05) is 10.6 Å². The smallest absolute Gasteiger partial charge is 0.240 e. The normalized spacial score (nSPS) is 20.8. The molecule has 0 aliphatic carbocycles. The number of aromatic nitrogens is 3. The molecule has 3 aliphatic rings. The van der Waals surface area contributed by atoms with Gasteiger partial charge in [-0.2, -0.15) is 0 Å². The summed E-state index contributed by atoms with van der Waals surface area (Å²) in [7, 11) is 0. The number of hydrogen-bond acceptors (Lipinski definition) is 8. The van der Waals surface area contributed by atoms with Gasteiger partial charge in [0.25, 0.3) is 0 Å². The predicted molar refractivity (Wildman–Crippen MR) is 140 cm³/mol. The fourth-order valence-electron chi connectivity index (χ4n) is 5.40. The molecule has 10 heteroatoms. The van der Waals surface area contributed by atoms with Gasteiger partial charge in [-0.05, 0) is 30.5 Å². The van der Waals surface area contributed by atoms with Crippen molar-refractivity contribution in [3.05, 3.63) is 36.7 Å². The topological polar surface area (TPSA) is 105 Å². The van der Waals surface area contributed by atoms with Gasteiger partial charge in [0.1, 0.15) is 5.52 Å². The Labute approximate surface area is 216 Å². The number of ether oxygens (including phenoxy) is 2. The summed E-state index contributed by atoms with van der Waals surface area (Å²) in [4.78, 5) is 25.9. The number of rotatable bonds is 9. The number of carbonyl (C=O) groups excluding carboxylic acids is 1. The summed E-state index contributed by atoms with van der Waals surface area (Å²) in [5.74, 6) is 0.896. The Kier molecular flexibility index (Phi) is 6.95. The Morgan fingerprint density at radius 2 is 1.95 bits per heavy atom. The molecule has 1 atom stereocenters. The average molecular weight is 507 g/mol. The van der Waals surface area contributed by atoms with Crippen molar-refractivity contribution in [2.24, 2.45) is 5.92 Å². The third-order valence-electron chi connectivity index (χ3n) is 7.71.